The molecule has 0 bridgehead atoms. The number of nitrogens with two attached hydrogens (primary N) is 1. The molecule has 2 heterocycles. The summed E-state index contributed by atoms with van der Waals surface area (Å²) in [6.07, 6.45) is 0.810. The average molecular weight is 291 g/mol. The third kappa shape index (κ3) is 2.13. The highest BCUT2D eigenvalue weighted by Gasteiger charge is 2.67. The van der Waals surface area contributed by atoms with Crippen LogP contribution in [0.2, 0.25) is 0 Å². The predicted molar refractivity (Wildman–Crippen MR) is 73.6 cm³/mol. The van der Waals surface area contributed by atoms with Crippen LogP contribution in [-0.4, -0.2) is 48.4 Å². The van der Waals surface area contributed by atoms with Crippen LogP contribution in [0, 0.1) is 5.41 Å². The summed E-state index contributed by atoms with van der Waals surface area (Å²) < 4.78 is 29.7. The number of rotatable bonds is 2. The monoisotopic (exact) mass is 291 g/mol. The van der Waals surface area contributed by atoms with Gasteiger partial charge in [-0.25, -0.2) is 8.42 Å². The van der Waals surface area contributed by atoms with Crippen molar-refractivity contribution in [1.29, 1.82) is 0 Å². The fourth-order valence-electron chi connectivity index (χ4n) is 4.04. The van der Waals surface area contributed by atoms with Gasteiger partial charge in [-0.15, -0.1) is 0 Å². The van der Waals surface area contributed by atoms with E-state index in [0.717, 1.165) is 0 Å². The molecule has 19 heavy (non-hydrogen) atoms. The van der Waals surface area contributed by atoms with Crippen molar-refractivity contribution in [3.8, 4) is 0 Å². The van der Waals surface area contributed by atoms with Crippen LogP contribution >= 0.6 is 0 Å². The molecule has 2 atom stereocenters. The lowest BCUT2D eigenvalue weighted by molar-refractivity contribution is -0.170. The normalized spacial score (nSPS) is 43.5. The Morgan fingerprint density at radius 1 is 1.26 bits per heavy atom. The Bertz CT molecular complexity index is 485. The summed E-state index contributed by atoms with van der Waals surface area (Å²) in [4.78, 5) is 0. The highest BCUT2D eigenvalue weighted by atomic mass is 32.2. The van der Waals surface area contributed by atoms with Crippen LogP contribution in [-0.2, 0) is 14.6 Å². The maximum Gasteiger partial charge on any atom is 0.151 e. The van der Waals surface area contributed by atoms with Crippen LogP contribution in [0.4, 0.5) is 0 Å². The second-order valence-electron chi connectivity index (χ2n) is 7.24. The Morgan fingerprint density at radius 2 is 1.84 bits per heavy atom. The third-order valence-corrected chi connectivity index (χ3v) is 6.68. The molecule has 0 aromatic heterocycles. The summed E-state index contributed by atoms with van der Waals surface area (Å²) >= 11 is 0. The number of ether oxygens (including phenoxy) is 1. The Labute approximate surface area is 115 Å². The minimum Gasteiger partial charge on any atom is -0.386 e. The SMILES string of the molecule is CC1(C)CC(O)(C2(CN)CCS(=O)(=O)C2)C(C)(C)O1. The van der Waals surface area contributed by atoms with E-state index in [-0.39, 0.29) is 18.1 Å². The smallest absolute Gasteiger partial charge is 0.151 e. The molecule has 2 aliphatic rings. The third-order valence-electron chi connectivity index (χ3n) is 4.86. The zero-order valence-electron chi connectivity index (χ0n) is 12.2. The van der Waals surface area contributed by atoms with E-state index in [2.05, 4.69) is 0 Å². The predicted octanol–water partition coefficient (Wildman–Crippen LogP) is 0.459. The minimum absolute atomic E-state index is 0.0458. The number of hydrogen-bond acceptors (Lipinski definition) is 5. The maximum absolute atomic E-state index is 11.9. The molecule has 2 unspecified atom stereocenters. The first-order valence-electron chi connectivity index (χ1n) is 6.72. The fourth-order valence-corrected chi connectivity index (χ4v) is 6.23. The molecule has 5 nitrogen and oxygen atoms in total. The standard InChI is InChI=1S/C13H25NO4S/c1-10(2)7-13(15,11(3,4)18-10)12(8-14)5-6-19(16,17)9-12/h15H,5-9,14H2,1-4H3. The molecule has 0 radical (unpaired) electrons. The number of aliphatic hydroxyl groups is 1. The van der Waals surface area contributed by atoms with Crippen molar-refractivity contribution in [1.82, 2.24) is 0 Å². The second kappa shape index (κ2) is 3.93. The van der Waals surface area contributed by atoms with Crippen LogP contribution in [0.5, 0.6) is 0 Å². The molecule has 112 valence electrons. The van der Waals surface area contributed by atoms with E-state index in [4.69, 9.17) is 10.5 Å². The van der Waals surface area contributed by atoms with Gasteiger partial charge in [-0.05, 0) is 34.1 Å². The molecule has 0 saturated carbocycles. The Hall–Kier alpha value is -0.170. The number of sulfone groups is 1. The summed E-state index contributed by atoms with van der Waals surface area (Å²) in [5, 5.41) is 11.3. The van der Waals surface area contributed by atoms with Gasteiger partial charge < -0.3 is 15.6 Å². The van der Waals surface area contributed by atoms with E-state index < -0.39 is 32.1 Å². The molecule has 2 rings (SSSR count). The first kappa shape index (κ1) is 15.2. The van der Waals surface area contributed by atoms with Crippen molar-refractivity contribution in [2.45, 2.75) is 57.3 Å². The maximum atomic E-state index is 11.9. The summed E-state index contributed by atoms with van der Waals surface area (Å²) in [5.74, 6) is 0.0545. The molecule has 2 saturated heterocycles. The van der Waals surface area contributed by atoms with Crippen LogP contribution in [0.3, 0.4) is 0 Å². The molecule has 0 aromatic rings. The Morgan fingerprint density at radius 3 is 2.16 bits per heavy atom. The molecule has 0 spiro atoms. The Balaban J connectivity index is 2.49. The van der Waals surface area contributed by atoms with Crippen molar-refractivity contribution in [3.63, 3.8) is 0 Å². The summed E-state index contributed by atoms with van der Waals surface area (Å²) in [5.41, 5.74) is 2.57. The molecule has 0 aliphatic carbocycles. The summed E-state index contributed by atoms with van der Waals surface area (Å²) in [6.45, 7) is 7.64. The van der Waals surface area contributed by atoms with Gasteiger partial charge in [0.1, 0.15) is 5.60 Å². The summed E-state index contributed by atoms with van der Waals surface area (Å²) in [7, 11) is -3.12. The first-order chi connectivity index (χ1) is 8.39. The lowest BCUT2D eigenvalue weighted by Crippen LogP contribution is -2.62. The second-order valence-corrected chi connectivity index (χ2v) is 9.42. The van der Waals surface area contributed by atoms with Crippen LogP contribution in [0.15, 0.2) is 0 Å². The molecule has 2 aliphatic heterocycles. The molecular weight excluding hydrogens is 266 g/mol. The van der Waals surface area contributed by atoms with Crippen LogP contribution in [0.25, 0.3) is 0 Å². The van der Waals surface area contributed by atoms with Gasteiger partial charge >= 0.3 is 0 Å². The molecule has 0 amide bonds. The first-order valence-corrected chi connectivity index (χ1v) is 8.54. The van der Waals surface area contributed by atoms with E-state index in [1.165, 1.54) is 0 Å². The fraction of sp³-hybridized carbons (Fsp3) is 1.00. The van der Waals surface area contributed by atoms with E-state index in [9.17, 15) is 13.5 Å². The van der Waals surface area contributed by atoms with Crippen molar-refractivity contribution >= 4 is 9.84 Å². The van der Waals surface area contributed by atoms with E-state index in [1.807, 2.05) is 27.7 Å². The Kier molecular flexibility index (Phi) is 3.15. The van der Waals surface area contributed by atoms with Gasteiger partial charge in [0, 0.05) is 18.4 Å². The van der Waals surface area contributed by atoms with Gasteiger partial charge in [0.15, 0.2) is 9.84 Å². The minimum atomic E-state index is -3.12. The number of hydrogen-bond donors (Lipinski definition) is 2. The van der Waals surface area contributed by atoms with Crippen LogP contribution in [0.1, 0.15) is 40.5 Å². The van der Waals surface area contributed by atoms with Gasteiger partial charge in [-0.3, -0.25) is 0 Å². The molecular formula is C13H25NO4S. The zero-order chi connectivity index (χ0) is 14.7. The molecule has 2 fully saturated rings. The highest BCUT2D eigenvalue weighted by molar-refractivity contribution is 7.91. The molecule has 3 N–H and O–H groups in total. The van der Waals surface area contributed by atoms with E-state index >= 15 is 0 Å². The summed E-state index contributed by atoms with van der Waals surface area (Å²) in [6, 6.07) is 0. The average Bonchev–Trinajstić information content (AvgIpc) is 2.60. The van der Waals surface area contributed by atoms with Gasteiger partial charge in [0.2, 0.25) is 0 Å². The van der Waals surface area contributed by atoms with Gasteiger partial charge in [0.05, 0.1) is 22.7 Å². The van der Waals surface area contributed by atoms with Crippen molar-refractivity contribution in [2.24, 2.45) is 11.1 Å². The van der Waals surface area contributed by atoms with E-state index in [0.29, 0.717) is 12.8 Å². The molecule has 6 heteroatoms. The quantitative estimate of drug-likeness (QED) is 0.771. The zero-order valence-corrected chi connectivity index (χ0v) is 13.0. The van der Waals surface area contributed by atoms with Crippen molar-refractivity contribution in [3.05, 3.63) is 0 Å². The van der Waals surface area contributed by atoms with Gasteiger partial charge in [-0.1, -0.05) is 0 Å². The van der Waals surface area contributed by atoms with Crippen molar-refractivity contribution < 1.29 is 18.3 Å². The van der Waals surface area contributed by atoms with Crippen molar-refractivity contribution in [2.75, 3.05) is 18.1 Å². The van der Waals surface area contributed by atoms with E-state index in [1.54, 1.807) is 0 Å². The van der Waals surface area contributed by atoms with Gasteiger partial charge in [-0.2, -0.15) is 0 Å². The molecule has 0 aromatic carbocycles. The topological polar surface area (TPSA) is 89.6 Å². The highest BCUT2D eigenvalue weighted by Crippen LogP contribution is 2.56. The largest absolute Gasteiger partial charge is 0.386 e. The lowest BCUT2D eigenvalue weighted by atomic mass is 9.62. The lowest BCUT2D eigenvalue weighted by Gasteiger charge is -2.47. The van der Waals surface area contributed by atoms with Gasteiger partial charge in [0.25, 0.3) is 0 Å². The van der Waals surface area contributed by atoms with Crippen LogP contribution < -0.4 is 5.73 Å².